The van der Waals surface area contributed by atoms with E-state index in [1.165, 1.54) is 0 Å². The molecule has 1 aromatic rings. The van der Waals surface area contributed by atoms with Crippen molar-refractivity contribution in [1.82, 2.24) is 4.90 Å². The van der Waals surface area contributed by atoms with Gasteiger partial charge in [0.25, 0.3) is 0 Å². The summed E-state index contributed by atoms with van der Waals surface area (Å²) >= 11 is 0. The third-order valence-electron chi connectivity index (χ3n) is 3.16. The molecule has 0 amide bonds. The van der Waals surface area contributed by atoms with E-state index in [1.54, 1.807) is 30.3 Å². The average Bonchev–Trinajstić information content (AvgIpc) is 2.40. The van der Waals surface area contributed by atoms with Gasteiger partial charge in [-0.15, -0.1) is 0 Å². The Bertz CT molecular complexity index is 403. The summed E-state index contributed by atoms with van der Waals surface area (Å²) in [6, 6.07) is 8.51. The zero-order valence-corrected chi connectivity index (χ0v) is 10.1. The maximum atomic E-state index is 11.4. The van der Waals surface area contributed by atoms with Crippen LogP contribution in [0.4, 0.5) is 0 Å². The molecule has 2 N–H and O–H groups in total. The SMILES string of the molecule is O=C(O)C(O)(CN1CCOCC1)c1ccccc1. The van der Waals surface area contributed by atoms with E-state index < -0.39 is 11.6 Å². The van der Waals surface area contributed by atoms with E-state index in [9.17, 15) is 15.0 Å². The first-order valence-electron chi connectivity index (χ1n) is 5.94. The Morgan fingerprint density at radius 1 is 1.28 bits per heavy atom. The quantitative estimate of drug-likeness (QED) is 0.805. The number of hydrogen-bond acceptors (Lipinski definition) is 4. The number of nitrogens with zero attached hydrogens (tertiary/aromatic N) is 1. The smallest absolute Gasteiger partial charge is 0.341 e. The first-order chi connectivity index (χ1) is 8.63. The fraction of sp³-hybridized carbons (Fsp3) is 0.462. The van der Waals surface area contributed by atoms with Crippen LogP contribution in [0, 0.1) is 0 Å². The molecule has 5 heteroatoms. The van der Waals surface area contributed by atoms with E-state index in [0.29, 0.717) is 31.9 Å². The zero-order chi connectivity index (χ0) is 13.0. The summed E-state index contributed by atoms with van der Waals surface area (Å²) in [5, 5.41) is 19.7. The van der Waals surface area contributed by atoms with Gasteiger partial charge in [-0.1, -0.05) is 30.3 Å². The first-order valence-corrected chi connectivity index (χ1v) is 5.94. The molecule has 0 aliphatic carbocycles. The van der Waals surface area contributed by atoms with Crippen molar-refractivity contribution in [3.8, 4) is 0 Å². The van der Waals surface area contributed by atoms with Gasteiger partial charge < -0.3 is 14.9 Å². The number of morpholine rings is 1. The van der Waals surface area contributed by atoms with Crippen LogP contribution in [0.1, 0.15) is 5.56 Å². The third kappa shape index (κ3) is 2.69. The number of rotatable bonds is 4. The summed E-state index contributed by atoms with van der Waals surface area (Å²) in [6.07, 6.45) is 0. The molecule has 0 spiro atoms. The minimum absolute atomic E-state index is 0.0791. The van der Waals surface area contributed by atoms with E-state index in [0.717, 1.165) is 0 Å². The molecule has 1 heterocycles. The van der Waals surface area contributed by atoms with Gasteiger partial charge in [-0.2, -0.15) is 0 Å². The van der Waals surface area contributed by atoms with E-state index in [1.807, 2.05) is 4.90 Å². The van der Waals surface area contributed by atoms with Crippen molar-refractivity contribution in [1.29, 1.82) is 0 Å². The topological polar surface area (TPSA) is 70.0 Å². The van der Waals surface area contributed by atoms with Crippen molar-refractivity contribution in [3.05, 3.63) is 35.9 Å². The highest BCUT2D eigenvalue weighted by molar-refractivity contribution is 5.79. The molecule has 1 atom stereocenters. The number of aliphatic hydroxyl groups is 1. The molecule has 0 bridgehead atoms. The summed E-state index contributed by atoms with van der Waals surface area (Å²) in [7, 11) is 0. The van der Waals surface area contributed by atoms with Gasteiger partial charge in [0, 0.05) is 19.6 Å². The lowest BCUT2D eigenvalue weighted by molar-refractivity contribution is -0.163. The average molecular weight is 251 g/mol. The van der Waals surface area contributed by atoms with Crippen molar-refractivity contribution < 1.29 is 19.7 Å². The maximum Gasteiger partial charge on any atom is 0.341 e. The normalized spacial score (nSPS) is 20.3. The molecule has 2 rings (SSSR count). The van der Waals surface area contributed by atoms with Gasteiger partial charge in [-0.25, -0.2) is 4.79 Å². The monoisotopic (exact) mass is 251 g/mol. The van der Waals surface area contributed by atoms with Crippen molar-refractivity contribution in [2.45, 2.75) is 5.60 Å². The number of carboxylic acids is 1. The Morgan fingerprint density at radius 2 is 1.89 bits per heavy atom. The van der Waals surface area contributed by atoms with Crippen LogP contribution in [0.25, 0.3) is 0 Å². The fourth-order valence-electron chi connectivity index (χ4n) is 2.08. The third-order valence-corrected chi connectivity index (χ3v) is 3.16. The first kappa shape index (κ1) is 13.0. The zero-order valence-electron chi connectivity index (χ0n) is 10.1. The highest BCUT2D eigenvalue weighted by Crippen LogP contribution is 2.23. The highest BCUT2D eigenvalue weighted by atomic mass is 16.5. The molecular weight excluding hydrogens is 234 g/mol. The van der Waals surface area contributed by atoms with Crippen molar-refractivity contribution in [2.75, 3.05) is 32.8 Å². The highest BCUT2D eigenvalue weighted by Gasteiger charge is 2.39. The maximum absolute atomic E-state index is 11.4. The summed E-state index contributed by atoms with van der Waals surface area (Å²) in [5.41, 5.74) is -1.46. The second-order valence-corrected chi connectivity index (χ2v) is 4.42. The number of aliphatic carboxylic acids is 1. The minimum atomic E-state index is -1.86. The van der Waals surface area contributed by atoms with Gasteiger partial charge in [0.1, 0.15) is 0 Å². The van der Waals surface area contributed by atoms with Gasteiger partial charge in [0.15, 0.2) is 5.60 Å². The Labute approximate surface area is 106 Å². The van der Waals surface area contributed by atoms with Crippen LogP contribution in [0.15, 0.2) is 30.3 Å². The van der Waals surface area contributed by atoms with Crippen LogP contribution in [0.2, 0.25) is 0 Å². The van der Waals surface area contributed by atoms with Crippen LogP contribution in [-0.4, -0.2) is 53.9 Å². The summed E-state index contributed by atoms with van der Waals surface area (Å²) in [6.45, 7) is 2.51. The number of carboxylic acid groups (broad SMARTS) is 1. The second-order valence-electron chi connectivity index (χ2n) is 4.42. The van der Waals surface area contributed by atoms with E-state index in [2.05, 4.69) is 0 Å². The van der Waals surface area contributed by atoms with Crippen molar-refractivity contribution in [3.63, 3.8) is 0 Å². The Morgan fingerprint density at radius 3 is 2.44 bits per heavy atom. The van der Waals surface area contributed by atoms with Crippen molar-refractivity contribution in [2.24, 2.45) is 0 Å². The molecule has 1 aliphatic rings. The molecule has 1 unspecified atom stereocenters. The molecule has 18 heavy (non-hydrogen) atoms. The molecule has 1 fully saturated rings. The molecule has 0 aromatic heterocycles. The number of hydrogen-bond donors (Lipinski definition) is 2. The molecule has 1 aromatic carbocycles. The summed E-state index contributed by atoms with van der Waals surface area (Å²) in [5.74, 6) is -1.22. The van der Waals surface area contributed by atoms with Crippen LogP contribution in [0.3, 0.4) is 0 Å². The Hall–Kier alpha value is -1.43. The summed E-state index contributed by atoms with van der Waals surface area (Å²) < 4.78 is 5.21. The second kappa shape index (κ2) is 5.48. The standard InChI is InChI=1S/C13H17NO4/c15-12(16)13(17,11-4-2-1-3-5-11)10-14-6-8-18-9-7-14/h1-5,17H,6-10H2,(H,15,16). The van der Waals surface area contributed by atoms with E-state index in [4.69, 9.17) is 4.74 Å². The largest absolute Gasteiger partial charge is 0.479 e. The molecule has 0 radical (unpaired) electrons. The number of ether oxygens (including phenoxy) is 1. The minimum Gasteiger partial charge on any atom is -0.479 e. The van der Waals surface area contributed by atoms with Gasteiger partial charge in [0.2, 0.25) is 0 Å². The lowest BCUT2D eigenvalue weighted by Crippen LogP contribution is -2.49. The summed E-state index contributed by atoms with van der Waals surface area (Å²) in [4.78, 5) is 13.3. The van der Waals surface area contributed by atoms with Gasteiger partial charge >= 0.3 is 5.97 Å². The molecular formula is C13H17NO4. The van der Waals surface area contributed by atoms with Crippen LogP contribution in [0.5, 0.6) is 0 Å². The molecule has 1 aliphatic heterocycles. The predicted molar refractivity (Wildman–Crippen MR) is 65.2 cm³/mol. The number of carbonyl (C=O) groups is 1. The molecule has 0 saturated carbocycles. The predicted octanol–water partition coefficient (Wildman–Crippen LogP) is 0.291. The Balaban J connectivity index is 2.19. The van der Waals surface area contributed by atoms with E-state index in [-0.39, 0.29) is 6.54 Å². The van der Waals surface area contributed by atoms with Crippen LogP contribution < -0.4 is 0 Å². The van der Waals surface area contributed by atoms with Crippen molar-refractivity contribution >= 4 is 5.97 Å². The molecule has 98 valence electrons. The van der Waals surface area contributed by atoms with Crippen LogP contribution >= 0.6 is 0 Å². The Kier molecular flexibility index (Phi) is 3.96. The number of benzene rings is 1. The lowest BCUT2D eigenvalue weighted by atomic mass is 9.93. The van der Waals surface area contributed by atoms with Gasteiger partial charge in [-0.05, 0) is 5.56 Å². The van der Waals surface area contributed by atoms with Gasteiger partial charge in [0.05, 0.1) is 13.2 Å². The van der Waals surface area contributed by atoms with Gasteiger partial charge in [-0.3, -0.25) is 4.90 Å². The number of β-amino-alcohol motifs (C(OH)–C–C–N with tert-alkyl or cyclic N) is 1. The molecule has 5 nitrogen and oxygen atoms in total. The lowest BCUT2D eigenvalue weighted by Gasteiger charge is -2.33. The van der Waals surface area contributed by atoms with Crippen LogP contribution in [-0.2, 0) is 15.1 Å². The fourth-order valence-corrected chi connectivity index (χ4v) is 2.08. The molecule has 1 saturated heterocycles. The van der Waals surface area contributed by atoms with E-state index >= 15 is 0 Å².